The van der Waals surface area contributed by atoms with E-state index in [0.29, 0.717) is 36.2 Å². The van der Waals surface area contributed by atoms with Crippen molar-refractivity contribution in [2.75, 3.05) is 27.2 Å². The molecule has 5 nitrogen and oxygen atoms in total. The number of hydrogen-bond donors (Lipinski definition) is 1. The molecular formula is C15H24N2O3S. The first-order chi connectivity index (χ1) is 9.98. The van der Waals surface area contributed by atoms with Gasteiger partial charge in [0.2, 0.25) is 10.0 Å². The maximum absolute atomic E-state index is 12.7. The lowest BCUT2D eigenvalue weighted by Crippen LogP contribution is -2.37. The molecule has 0 unspecified atom stereocenters. The second kappa shape index (κ2) is 6.77. The van der Waals surface area contributed by atoms with E-state index in [2.05, 4.69) is 12.2 Å². The first-order valence-electron chi connectivity index (χ1n) is 7.30. The van der Waals surface area contributed by atoms with Crippen LogP contribution in [0.2, 0.25) is 0 Å². The minimum absolute atomic E-state index is 0.350. The van der Waals surface area contributed by atoms with Crippen molar-refractivity contribution in [3.63, 3.8) is 0 Å². The average molecular weight is 312 g/mol. The van der Waals surface area contributed by atoms with Gasteiger partial charge in [-0.25, -0.2) is 8.42 Å². The van der Waals surface area contributed by atoms with Crippen molar-refractivity contribution in [1.29, 1.82) is 0 Å². The highest BCUT2D eigenvalue weighted by molar-refractivity contribution is 7.89. The van der Waals surface area contributed by atoms with Gasteiger partial charge in [0.15, 0.2) is 0 Å². The van der Waals surface area contributed by atoms with E-state index in [-0.39, 0.29) is 0 Å². The molecule has 2 rings (SSSR count). The smallest absolute Gasteiger partial charge is 0.243 e. The second-order valence-electron chi connectivity index (χ2n) is 5.59. The molecule has 6 heteroatoms. The van der Waals surface area contributed by atoms with Crippen molar-refractivity contribution in [2.45, 2.75) is 31.2 Å². The number of benzene rings is 1. The lowest BCUT2D eigenvalue weighted by molar-refractivity contribution is 0.288. The highest BCUT2D eigenvalue weighted by atomic mass is 32.2. The largest absolute Gasteiger partial charge is 0.496 e. The fraction of sp³-hybridized carbons (Fsp3) is 0.600. The van der Waals surface area contributed by atoms with Crippen LogP contribution in [0.5, 0.6) is 5.75 Å². The highest BCUT2D eigenvalue weighted by Crippen LogP contribution is 2.27. The van der Waals surface area contributed by atoms with Gasteiger partial charge in [-0.2, -0.15) is 4.31 Å². The molecule has 1 aliphatic heterocycles. The molecule has 1 N–H and O–H groups in total. The van der Waals surface area contributed by atoms with Gasteiger partial charge in [0, 0.05) is 25.2 Å². The molecule has 0 spiro atoms. The van der Waals surface area contributed by atoms with Crippen LogP contribution in [-0.4, -0.2) is 40.0 Å². The zero-order chi connectivity index (χ0) is 15.5. The molecule has 21 heavy (non-hydrogen) atoms. The van der Waals surface area contributed by atoms with Gasteiger partial charge >= 0.3 is 0 Å². The third kappa shape index (κ3) is 3.56. The lowest BCUT2D eigenvalue weighted by atomic mass is 10.0. The number of piperidine rings is 1. The summed E-state index contributed by atoms with van der Waals surface area (Å²) in [4.78, 5) is 0.350. The van der Waals surface area contributed by atoms with E-state index in [1.54, 1.807) is 29.6 Å². The fourth-order valence-corrected chi connectivity index (χ4v) is 4.14. The van der Waals surface area contributed by atoms with Crippen LogP contribution < -0.4 is 10.1 Å². The highest BCUT2D eigenvalue weighted by Gasteiger charge is 2.28. The van der Waals surface area contributed by atoms with Gasteiger partial charge in [0.25, 0.3) is 0 Å². The average Bonchev–Trinajstić information content (AvgIpc) is 2.48. The van der Waals surface area contributed by atoms with Gasteiger partial charge < -0.3 is 10.1 Å². The number of ether oxygens (including phenoxy) is 1. The summed E-state index contributed by atoms with van der Waals surface area (Å²) in [6, 6.07) is 5.07. The third-order valence-electron chi connectivity index (χ3n) is 4.00. The van der Waals surface area contributed by atoms with Crippen LogP contribution in [0, 0.1) is 5.92 Å². The molecule has 1 saturated heterocycles. The molecule has 118 valence electrons. The Hall–Kier alpha value is -1.11. The Morgan fingerprint density at radius 2 is 2.00 bits per heavy atom. The summed E-state index contributed by atoms with van der Waals surface area (Å²) in [5.74, 6) is 1.31. The van der Waals surface area contributed by atoms with Gasteiger partial charge in [-0.1, -0.05) is 6.92 Å². The predicted octanol–water partition coefficient (Wildman–Crippen LogP) is 1.84. The Kier molecular flexibility index (Phi) is 5.24. The van der Waals surface area contributed by atoms with E-state index in [9.17, 15) is 8.42 Å². The van der Waals surface area contributed by atoms with E-state index in [1.165, 1.54) is 0 Å². The number of methoxy groups -OCH3 is 1. The minimum Gasteiger partial charge on any atom is -0.496 e. The van der Waals surface area contributed by atoms with Crippen LogP contribution in [0.25, 0.3) is 0 Å². The Morgan fingerprint density at radius 1 is 1.33 bits per heavy atom. The minimum atomic E-state index is -3.40. The summed E-state index contributed by atoms with van der Waals surface area (Å²) in [7, 11) is 0.0167. The number of sulfonamides is 1. The molecule has 0 amide bonds. The SMILES string of the molecule is CNCc1cc(S(=O)(=O)N2CCC(C)CC2)ccc1OC. The summed E-state index contributed by atoms with van der Waals surface area (Å²) < 4.78 is 32.3. The van der Waals surface area contributed by atoms with Gasteiger partial charge in [0.05, 0.1) is 12.0 Å². The third-order valence-corrected chi connectivity index (χ3v) is 5.89. The Balaban J connectivity index is 2.29. The first kappa shape index (κ1) is 16.3. The molecule has 0 bridgehead atoms. The first-order valence-corrected chi connectivity index (χ1v) is 8.74. The maximum Gasteiger partial charge on any atom is 0.243 e. The summed E-state index contributed by atoms with van der Waals surface area (Å²) in [5, 5.41) is 3.03. The summed E-state index contributed by atoms with van der Waals surface area (Å²) in [5.41, 5.74) is 0.853. The van der Waals surface area contributed by atoms with E-state index < -0.39 is 10.0 Å². The number of nitrogens with zero attached hydrogens (tertiary/aromatic N) is 1. The molecule has 1 aromatic rings. The molecule has 0 atom stereocenters. The quantitative estimate of drug-likeness (QED) is 0.901. The molecule has 0 aliphatic carbocycles. The molecule has 1 aliphatic rings. The molecule has 1 aromatic carbocycles. The normalized spacial score (nSPS) is 17.9. The van der Waals surface area contributed by atoms with Crippen LogP contribution in [0.3, 0.4) is 0 Å². The molecular weight excluding hydrogens is 288 g/mol. The Bertz CT molecular complexity index is 579. The maximum atomic E-state index is 12.7. The van der Waals surface area contributed by atoms with Crippen LogP contribution in [-0.2, 0) is 16.6 Å². The van der Waals surface area contributed by atoms with Crippen molar-refractivity contribution in [3.05, 3.63) is 23.8 Å². The predicted molar refractivity (Wildman–Crippen MR) is 82.9 cm³/mol. The number of nitrogens with one attached hydrogen (secondary N) is 1. The topological polar surface area (TPSA) is 58.6 Å². The van der Waals surface area contributed by atoms with Crippen LogP contribution >= 0.6 is 0 Å². The molecule has 0 radical (unpaired) electrons. The van der Waals surface area contributed by atoms with Gasteiger partial charge in [-0.05, 0) is 44.0 Å². The van der Waals surface area contributed by atoms with Crippen LogP contribution in [0.4, 0.5) is 0 Å². The fourth-order valence-electron chi connectivity index (χ4n) is 2.62. The zero-order valence-corrected chi connectivity index (χ0v) is 13.7. The van der Waals surface area contributed by atoms with E-state index in [0.717, 1.165) is 18.4 Å². The van der Waals surface area contributed by atoms with Crippen molar-refractivity contribution >= 4 is 10.0 Å². The standard InChI is InChI=1S/C15H24N2O3S/c1-12-6-8-17(9-7-12)21(18,19)14-4-5-15(20-3)13(10-14)11-16-2/h4-5,10,12,16H,6-9,11H2,1-3H3. The Morgan fingerprint density at radius 3 is 2.57 bits per heavy atom. The van der Waals surface area contributed by atoms with Crippen molar-refractivity contribution < 1.29 is 13.2 Å². The van der Waals surface area contributed by atoms with E-state index in [1.807, 2.05) is 7.05 Å². The van der Waals surface area contributed by atoms with Crippen molar-refractivity contribution in [1.82, 2.24) is 9.62 Å². The number of hydrogen-bond acceptors (Lipinski definition) is 4. The summed E-state index contributed by atoms with van der Waals surface area (Å²) in [6.07, 6.45) is 1.86. The van der Waals surface area contributed by atoms with E-state index >= 15 is 0 Å². The van der Waals surface area contributed by atoms with Gasteiger partial charge in [-0.3, -0.25) is 0 Å². The Labute approximate surface area is 127 Å². The summed E-state index contributed by atoms with van der Waals surface area (Å²) >= 11 is 0. The molecule has 1 heterocycles. The monoisotopic (exact) mass is 312 g/mol. The zero-order valence-electron chi connectivity index (χ0n) is 12.9. The lowest BCUT2D eigenvalue weighted by Gasteiger charge is -2.29. The molecule has 0 saturated carbocycles. The van der Waals surface area contributed by atoms with E-state index in [4.69, 9.17) is 4.74 Å². The van der Waals surface area contributed by atoms with Gasteiger partial charge in [-0.15, -0.1) is 0 Å². The van der Waals surface area contributed by atoms with Gasteiger partial charge in [0.1, 0.15) is 5.75 Å². The van der Waals surface area contributed by atoms with Crippen molar-refractivity contribution in [2.24, 2.45) is 5.92 Å². The second-order valence-corrected chi connectivity index (χ2v) is 7.53. The van der Waals surface area contributed by atoms with Crippen LogP contribution in [0.1, 0.15) is 25.3 Å². The molecule has 0 aromatic heterocycles. The number of rotatable bonds is 5. The molecule has 1 fully saturated rings. The van der Waals surface area contributed by atoms with Crippen molar-refractivity contribution in [3.8, 4) is 5.75 Å². The summed E-state index contributed by atoms with van der Waals surface area (Å²) in [6.45, 7) is 3.96. The van der Waals surface area contributed by atoms with Crippen LogP contribution in [0.15, 0.2) is 23.1 Å².